The van der Waals surface area contributed by atoms with Crippen molar-refractivity contribution >= 4 is 23.4 Å². The maximum atomic E-state index is 12.7. The molecule has 1 fully saturated rings. The number of carbonyl (C=O) groups is 2. The van der Waals surface area contributed by atoms with Gasteiger partial charge in [-0.2, -0.15) is 0 Å². The topological polar surface area (TPSA) is 60.9 Å². The summed E-state index contributed by atoms with van der Waals surface area (Å²) < 4.78 is 0. The Morgan fingerprint density at radius 2 is 2.04 bits per heavy atom. The van der Waals surface area contributed by atoms with Crippen molar-refractivity contribution in [2.75, 3.05) is 26.2 Å². The molecule has 2 rings (SSSR count). The summed E-state index contributed by atoms with van der Waals surface area (Å²) in [5.74, 6) is -0.0641. The average Bonchev–Trinajstić information content (AvgIpc) is 2.58. The zero-order valence-electron chi connectivity index (χ0n) is 14.1. The van der Waals surface area contributed by atoms with E-state index >= 15 is 0 Å². The molecule has 1 atom stereocenters. The molecule has 1 N–H and O–H groups in total. The van der Waals surface area contributed by atoms with Gasteiger partial charge in [-0.3, -0.25) is 9.59 Å². The minimum absolute atomic E-state index is 0.0358. The van der Waals surface area contributed by atoms with Gasteiger partial charge in [-0.05, 0) is 30.5 Å². The lowest BCUT2D eigenvalue weighted by molar-refractivity contribution is -0.143. The summed E-state index contributed by atoms with van der Waals surface area (Å²) in [5.41, 5.74) is 1.00. The number of aliphatic hydroxyl groups excluding tert-OH is 1. The van der Waals surface area contributed by atoms with Crippen LogP contribution < -0.4 is 0 Å². The molecule has 132 valence electrons. The SMILES string of the molecule is CCCN(CCO)C(=O)C1CCC(=O)N(Cc2ccc(Cl)cc2)C1. The minimum atomic E-state index is -0.187. The van der Waals surface area contributed by atoms with E-state index in [-0.39, 0.29) is 24.3 Å². The van der Waals surface area contributed by atoms with Crippen molar-refractivity contribution in [1.29, 1.82) is 0 Å². The Labute approximate surface area is 148 Å². The van der Waals surface area contributed by atoms with Crippen molar-refractivity contribution in [2.45, 2.75) is 32.7 Å². The maximum absolute atomic E-state index is 12.7. The molecule has 5 nitrogen and oxygen atoms in total. The van der Waals surface area contributed by atoms with E-state index in [4.69, 9.17) is 16.7 Å². The fourth-order valence-electron chi connectivity index (χ4n) is 3.06. The number of likely N-dealkylation sites (tertiary alicyclic amines) is 1. The lowest BCUT2D eigenvalue weighted by Crippen LogP contribution is -2.47. The third-order valence-corrected chi connectivity index (χ3v) is 4.56. The predicted molar refractivity (Wildman–Crippen MR) is 93.5 cm³/mol. The summed E-state index contributed by atoms with van der Waals surface area (Å²) in [7, 11) is 0. The fraction of sp³-hybridized carbons (Fsp3) is 0.556. The Morgan fingerprint density at radius 1 is 1.33 bits per heavy atom. The zero-order valence-corrected chi connectivity index (χ0v) is 14.8. The fourth-order valence-corrected chi connectivity index (χ4v) is 3.19. The van der Waals surface area contributed by atoms with Gasteiger partial charge in [0, 0.05) is 37.6 Å². The summed E-state index contributed by atoms with van der Waals surface area (Å²) in [6.07, 6.45) is 1.83. The van der Waals surface area contributed by atoms with E-state index < -0.39 is 0 Å². The Hall–Kier alpha value is -1.59. The molecule has 0 saturated carbocycles. The summed E-state index contributed by atoms with van der Waals surface area (Å²) in [4.78, 5) is 28.3. The van der Waals surface area contributed by atoms with Crippen molar-refractivity contribution in [3.05, 3.63) is 34.9 Å². The lowest BCUT2D eigenvalue weighted by atomic mass is 9.95. The van der Waals surface area contributed by atoms with E-state index in [1.165, 1.54) is 0 Å². The van der Waals surface area contributed by atoms with E-state index in [1.807, 2.05) is 19.1 Å². The van der Waals surface area contributed by atoms with Crippen LogP contribution in [0.15, 0.2) is 24.3 Å². The van der Waals surface area contributed by atoms with Gasteiger partial charge in [0.25, 0.3) is 0 Å². The second-order valence-corrected chi connectivity index (χ2v) is 6.62. The lowest BCUT2D eigenvalue weighted by Gasteiger charge is -2.34. The largest absolute Gasteiger partial charge is 0.395 e. The highest BCUT2D eigenvalue weighted by Crippen LogP contribution is 2.22. The van der Waals surface area contributed by atoms with Gasteiger partial charge >= 0.3 is 0 Å². The smallest absolute Gasteiger partial charge is 0.227 e. The average molecular weight is 353 g/mol. The molecule has 1 unspecified atom stereocenters. The van der Waals surface area contributed by atoms with Crippen LogP contribution in [0.4, 0.5) is 0 Å². The van der Waals surface area contributed by atoms with Crippen molar-refractivity contribution in [3.8, 4) is 0 Å². The van der Waals surface area contributed by atoms with Crippen LogP contribution in [-0.2, 0) is 16.1 Å². The van der Waals surface area contributed by atoms with Gasteiger partial charge < -0.3 is 14.9 Å². The van der Waals surface area contributed by atoms with Crippen LogP contribution in [0.25, 0.3) is 0 Å². The van der Waals surface area contributed by atoms with Crippen molar-refractivity contribution in [1.82, 2.24) is 9.80 Å². The van der Waals surface area contributed by atoms with E-state index in [2.05, 4.69) is 0 Å². The van der Waals surface area contributed by atoms with Crippen LogP contribution in [0.5, 0.6) is 0 Å². The number of piperidine rings is 1. The van der Waals surface area contributed by atoms with Gasteiger partial charge in [0.05, 0.1) is 12.5 Å². The quantitative estimate of drug-likeness (QED) is 0.819. The van der Waals surface area contributed by atoms with Crippen LogP contribution >= 0.6 is 11.6 Å². The second-order valence-electron chi connectivity index (χ2n) is 6.19. The third kappa shape index (κ3) is 4.95. The van der Waals surface area contributed by atoms with E-state index in [0.717, 1.165) is 12.0 Å². The zero-order chi connectivity index (χ0) is 17.5. The Kier molecular flexibility index (Phi) is 7.06. The Bertz CT molecular complexity index is 556. The van der Waals surface area contributed by atoms with Gasteiger partial charge in [0.2, 0.25) is 11.8 Å². The molecule has 1 aromatic rings. The molecule has 0 bridgehead atoms. The molecule has 0 radical (unpaired) electrons. The molecule has 2 amide bonds. The molecule has 1 saturated heterocycles. The van der Waals surface area contributed by atoms with Gasteiger partial charge in [-0.25, -0.2) is 0 Å². The Morgan fingerprint density at radius 3 is 2.67 bits per heavy atom. The monoisotopic (exact) mass is 352 g/mol. The number of hydrogen-bond acceptors (Lipinski definition) is 3. The van der Waals surface area contributed by atoms with Gasteiger partial charge in [-0.1, -0.05) is 30.7 Å². The van der Waals surface area contributed by atoms with Crippen LogP contribution in [0.2, 0.25) is 5.02 Å². The Balaban J connectivity index is 2.02. The molecule has 0 aliphatic carbocycles. The van der Waals surface area contributed by atoms with E-state index in [9.17, 15) is 9.59 Å². The van der Waals surface area contributed by atoms with E-state index in [1.54, 1.807) is 21.9 Å². The molecule has 6 heteroatoms. The molecule has 1 aliphatic rings. The normalized spacial score (nSPS) is 17.9. The summed E-state index contributed by atoms with van der Waals surface area (Å²) >= 11 is 5.89. The van der Waals surface area contributed by atoms with Crippen molar-refractivity contribution < 1.29 is 14.7 Å². The second kappa shape index (κ2) is 9.04. The first kappa shape index (κ1) is 18.7. The molecule has 1 aliphatic heterocycles. The van der Waals surface area contributed by atoms with Crippen LogP contribution in [-0.4, -0.2) is 53.0 Å². The molecule has 0 spiro atoms. The van der Waals surface area contributed by atoms with Gasteiger partial charge in [-0.15, -0.1) is 0 Å². The number of nitrogens with zero attached hydrogens (tertiary/aromatic N) is 2. The number of halogens is 1. The highest BCUT2D eigenvalue weighted by Gasteiger charge is 2.32. The molecular weight excluding hydrogens is 328 g/mol. The molecule has 1 aromatic carbocycles. The first-order valence-corrected chi connectivity index (χ1v) is 8.84. The minimum Gasteiger partial charge on any atom is -0.395 e. The first-order chi connectivity index (χ1) is 11.5. The number of rotatable bonds is 7. The number of amides is 2. The third-order valence-electron chi connectivity index (χ3n) is 4.31. The number of hydrogen-bond donors (Lipinski definition) is 1. The summed E-state index contributed by atoms with van der Waals surface area (Å²) in [6.45, 7) is 3.90. The number of carbonyl (C=O) groups excluding carboxylic acids is 2. The van der Waals surface area contributed by atoms with Gasteiger partial charge in [0.1, 0.15) is 0 Å². The maximum Gasteiger partial charge on any atom is 0.227 e. The predicted octanol–water partition coefficient (Wildman–Crippen LogP) is 2.31. The van der Waals surface area contributed by atoms with Gasteiger partial charge in [0.15, 0.2) is 0 Å². The highest BCUT2D eigenvalue weighted by molar-refractivity contribution is 6.30. The van der Waals surface area contributed by atoms with Crippen LogP contribution in [0.3, 0.4) is 0 Å². The molecular formula is C18H25ClN2O3. The number of aliphatic hydroxyl groups is 1. The standard InChI is InChI=1S/C18H25ClN2O3/c1-2-9-20(10-11-22)18(24)15-5-8-17(23)21(13-15)12-14-3-6-16(19)7-4-14/h3-4,6-7,15,22H,2,5,8-13H2,1H3. The highest BCUT2D eigenvalue weighted by atomic mass is 35.5. The van der Waals surface area contributed by atoms with E-state index in [0.29, 0.717) is 44.0 Å². The summed E-state index contributed by atoms with van der Waals surface area (Å²) in [5, 5.41) is 9.82. The molecule has 24 heavy (non-hydrogen) atoms. The van der Waals surface area contributed by atoms with Crippen molar-refractivity contribution in [3.63, 3.8) is 0 Å². The first-order valence-electron chi connectivity index (χ1n) is 8.47. The van der Waals surface area contributed by atoms with Crippen molar-refractivity contribution in [2.24, 2.45) is 5.92 Å². The number of benzene rings is 1. The molecule has 0 aromatic heterocycles. The molecule has 1 heterocycles. The van der Waals surface area contributed by atoms with Crippen LogP contribution in [0.1, 0.15) is 31.7 Å². The summed E-state index contributed by atoms with van der Waals surface area (Å²) in [6, 6.07) is 7.41. The van der Waals surface area contributed by atoms with Crippen LogP contribution in [0, 0.1) is 5.92 Å².